The summed E-state index contributed by atoms with van der Waals surface area (Å²) < 4.78 is 10.1. The molecule has 0 aliphatic carbocycles. The van der Waals surface area contributed by atoms with Crippen LogP contribution in [0, 0.1) is 12.3 Å². The Labute approximate surface area is 236 Å². The second-order valence-electron chi connectivity index (χ2n) is 10.3. The maximum absolute atomic E-state index is 14.4. The van der Waals surface area contributed by atoms with Crippen molar-refractivity contribution in [1.29, 1.82) is 0 Å². The first-order valence-corrected chi connectivity index (χ1v) is 13.2. The number of hydrogen-bond donors (Lipinski definition) is 2. The van der Waals surface area contributed by atoms with Crippen LogP contribution in [0.2, 0.25) is 0 Å². The summed E-state index contributed by atoms with van der Waals surface area (Å²) in [7, 11) is 1.21. The zero-order valence-electron chi connectivity index (χ0n) is 24.0. The molecule has 40 heavy (non-hydrogen) atoms. The molecule has 0 saturated carbocycles. The van der Waals surface area contributed by atoms with Crippen molar-refractivity contribution in [2.45, 2.75) is 71.2 Å². The van der Waals surface area contributed by atoms with Crippen LogP contribution in [0.15, 0.2) is 54.6 Å². The molecular weight excluding hydrogens is 510 g/mol. The number of nitrogens with one attached hydrogen (secondary N) is 2. The van der Waals surface area contributed by atoms with Crippen LogP contribution < -0.4 is 10.6 Å². The Kier molecular flexibility index (Phi) is 11.7. The van der Waals surface area contributed by atoms with Crippen LogP contribution in [0.3, 0.4) is 0 Å². The molecule has 9 heteroatoms. The van der Waals surface area contributed by atoms with Crippen molar-refractivity contribution >= 4 is 23.9 Å². The normalized spacial score (nSPS) is 13.1. The van der Waals surface area contributed by atoms with Gasteiger partial charge in [0.2, 0.25) is 11.8 Å². The molecule has 2 aromatic carbocycles. The maximum Gasteiger partial charge on any atom is 0.408 e. The smallest absolute Gasteiger partial charge is 0.408 e. The van der Waals surface area contributed by atoms with E-state index in [-0.39, 0.29) is 6.42 Å². The monoisotopic (exact) mass is 549 g/mol. The van der Waals surface area contributed by atoms with E-state index in [0.717, 1.165) is 5.56 Å². The number of benzene rings is 2. The Hall–Kier alpha value is -4.32. The Morgan fingerprint density at radius 2 is 1.65 bits per heavy atom. The second kappa shape index (κ2) is 14.7. The number of ether oxygens (including phenoxy) is 2. The third kappa shape index (κ3) is 9.16. The average molecular weight is 550 g/mol. The molecule has 0 heterocycles. The van der Waals surface area contributed by atoms with Gasteiger partial charge < -0.3 is 25.0 Å². The first-order valence-electron chi connectivity index (χ1n) is 13.2. The van der Waals surface area contributed by atoms with Gasteiger partial charge >= 0.3 is 12.1 Å². The lowest BCUT2D eigenvalue weighted by atomic mass is 9.95. The molecule has 0 saturated heterocycles. The van der Waals surface area contributed by atoms with Crippen molar-refractivity contribution in [3.8, 4) is 12.3 Å². The summed E-state index contributed by atoms with van der Waals surface area (Å²) in [6.07, 6.45) is 5.66. The van der Waals surface area contributed by atoms with E-state index in [2.05, 4.69) is 21.3 Å². The van der Waals surface area contributed by atoms with Crippen LogP contribution in [0.25, 0.3) is 0 Å². The van der Waals surface area contributed by atoms with Gasteiger partial charge in [-0.15, -0.1) is 6.42 Å². The Bertz CT molecular complexity index is 1220. The fourth-order valence-electron chi connectivity index (χ4n) is 4.09. The molecule has 0 aliphatic rings. The highest BCUT2D eigenvalue weighted by molar-refractivity contribution is 5.94. The van der Waals surface area contributed by atoms with Gasteiger partial charge in [0.25, 0.3) is 0 Å². The molecule has 2 N–H and O–H groups in total. The number of rotatable bonds is 11. The van der Waals surface area contributed by atoms with Crippen LogP contribution in [0.4, 0.5) is 4.79 Å². The summed E-state index contributed by atoms with van der Waals surface area (Å²) in [4.78, 5) is 54.2. The van der Waals surface area contributed by atoms with E-state index in [9.17, 15) is 19.2 Å². The van der Waals surface area contributed by atoms with Crippen molar-refractivity contribution in [3.63, 3.8) is 0 Å². The summed E-state index contributed by atoms with van der Waals surface area (Å²) >= 11 is 0. The number of terminal acetylenes is 1. The molecule has 0 radical (unpaired) electrons. The van der Waals surface area contributed by atoms with Gasteiger partial charge in [0, 0.05) is 18.0 Å². The molecule has 0 bridgehead atoms. The highest BCUT2D eigenvalue weighted by Crippen LogP contribution is 2.29. The maximum atomic E-state index is 14.4. The van der Waals surface area contributed by atoms with E-state index in [4.69, 9.17) is 11.2 Å². The minimum absolute atomic E-state index is 0.152. The molecule has 214 valence electrons. The molecule has 0 aromatic heterocycles. The van der Waals surface area contributed by atoms with E-state index in [1.165, 1.54) is 12.0 Å². The Morgan fingerprint density at radius 3 is 2.23 bits per heavy atom. The fraction of sp³-hybridized carbons (Fsp3) is 0.419. The summed E-state index contributed by atoms with van der Waals surface area (Å²) in [5, 5.41) is 5.29. The van der Waals surface area contributed by atoms with Crippen molar-refractivity contribution in [3.05, 3.63) is 71.3 Å². The number of nitrogens with zero attached hydrogens (tertiary/aromatic N) is 1. The predicted molar refractivity (Wildman–Crippen MR) is 152 cm³/mol. The lowest BCUT2D eigenvalue weighted by Gasteiger charge is -2.38. The van der Waals surface area contributed by atoms with Crippen molar-refractivity contribution < 1.29 is 28.7 Å². The predicted octanol–water partition coefficient (Wildman–Crippen LogP) is 3.76. The summed E-state index contributed by atoms with van der Waals surface area (Å²) in [6, 6.07) is 13.3. The lowest BCUT2D eigenvalue weighted by molar-refractivity contribution is -0.146. The van der Waals surface area contributed by atoms with E-state index in [1.807, 2.05) is 44.2 Å². The third-order valence-electron chi connectivity index (χ3n) is 6.16. The molecular formula is C31H39N3O6. The van der Waals surface area contributed by atoms with Crippen LogP contribution >= 0.6 is 0 Å². The molecule has 0 spiro atoms. The van der Waals surface area contributed by atoms with Gasteiger partial charge in [0.1, 0.15) is 24.2 Å². The van der Waals surface area contributed by atoms with Crippen LogP contribution in [-0.4, -0.2) is 60.1 Å². The summed E-state index contributed by atoms with van der Waals surface area (Å²) in [6.45, 7) is 8.48. The van der Waals surface area contributed by atoms with Crippen LogP contribution in [0.5, 0.6) is 0 Å². The standard InChI is InChI=1S/C31H39N3O6/c1-8-21(3)34(27(28(36)32-20-26(35)39-7)24-18-14-13-17-23(24)9-2)29(37)25(19-22-15-11-10-12-16-22)33-30(38)40-31(4,5)6/h2,10-18,21,25,27H,8,19-20H2,1,3-7H3,(H,32,36)(H,33,38). The number of hydrogen-bond acceptors (Lipinski definition) is 6. The number of methoxy groups -OCH3 is 1. The van der Waals surface area contributed by atoms with Gasteiger partial charge in [0.05, 0.1) is 7.11 Å². The zero-order valence-corrected chi connectivity index (χ0v) is 24.0. The summed E-state index contributed by atoms with van der Waals surface area (Å²) in [5.41, 5.74) is 0.845. The highest BCUT2D eigenvalue weighted by Gasteiger charge is 2.39. The molecule has 3 atom stereocenters. The zero-order chi connectivity index (χ0) is 29.9. The number of carbonyl (C=O) groups is 4. The molecule has 3 unspecified atom stereocenters. The van der Waals surface area contributed by atoms with E-state index < -0.39 is 54.1 Å². The topological polar surface area (TPSA) is 114 Å². The molecule has 2 aromatic rings. The molecule has 0 fully saturated rings. The van der Waals surface area contributed by atoms with E-state index in [0.29, 0.717) is 17.5 Å². The van der Waals surface area contributed by atoms with E-state index >= 15 is 0 Å². The van der Waals surface area contributed by atoms with Crippen LogP contribution in [0.1, 0.15) is 63.8 Å². The Morgan fingerprint density at radius 1 is 1.02 bits per heavy atom. The minimum atomic E-state index is -1.20. The number of carbonyl (C=O) groups excluding carboxylic acids is 4. The first-order chi connectivity index (χ1) is 18.9. The van der Waals surface area contributed by atoms with Gasteiger partial charge in [-0.1, -0.05) is 61.4 Å². The van der Waals surface area contributed by atoms with Crippen molar-refractivity contribution in [2.75, 3.05) is 13.7 Å². The number of esters is 1. The average Bonchev–Trinajstić information content (AvgIpc) is 2.92. The van der Waals surface area contributed by atoms with Crippen molar-refractivity contribution in [1.82, 2.24) is 15.5 Å². The quantitative estimate of drug-likeness (QED) is 0.326. The largest absolute Gasteiger partial charge is 0.468 e. The second-order valence-corrected chi connectivity index (χ2v) is 10.3. The van der Waals surface area contributed by atoms with Crippen molar-refractivity contribution in [2.24, 2.45) is 0 Å². The molecule has 3 amide bonds. The Balaban J connectivity index is 2.63. The third-order valence-corrected chi connectivity index (χ3v) is 6.16. The van der Waals surface area contributed by atoms with Crippen LogP contribution in [-0.2, 0) is 30.3 Å². The van der Waals surface area contributed by atoms with E-state index in [1.54, 1.807) is 45.0 Å². The number of amides is 3. The van der Waals surface area contributed by atoms with Gasteiger partial charge in [-0.05, 0) is 51.3 Å². The molecule has 2 rings (SSSR count). The molecule has 0 aliphatic heterocycles. The molecule has 9 nitrogen and oxygen atoms in total. The van der Waals surface area contributed by atoms with Gasteiger partial charge in [-0.3, -0.25) is 14.4 Å². The first kappa shape index (κ1) is 31.9. The summed E-state index contributed by atoms with van der Waals surface area (Å²) in [5.74, 6) is 0.820. The minimum Gasteiger partial charge on any atom is -0.468 e. The van der Waals surface area contributed by atoms with Gasteiger partial charge in [0.15, 0.2) is 0 Å². The number of alkyl carbamates (subject to hydrolysis) is 1. The van der Waals surface area contributed by atoms with Gasteiger partial charge in [-0.25, -0.2) is 4.79 Å². The fourth-order valence-corrected chi connectivity index (χ4v) is 4.09. The highest BCUT2D eigenvalue weighted by atomic mass is 16.6. The lowest BCUT2D eigenvalue weighted by Crippen LogP contribution is -2.56. The SMILES string of the molecule is C#Cc1ccccc1C(C(=O)NCC(=O)OC)N(C(=O)C(Cc1ccccc1)NC(=O)OC(C)(C)C)C(C)CC. The van der Waals surface area contributed by atoms with Gasteiger partial charge in [-0.2, -0.15) is 0 Å².